The van der Waals surface area contributed by atoms with Gasteiger partial charge in [0.05, 0.1) is 11.4 Å². The number of anilines is 1. The highest BCUT2D eigenvalue weighted by atomic mass is 16.4. The van der Waals surface area contributed by atoms with E-state index in [2.05, 4.69) is 15.7 Å². The number of aliphatic carboxylic acids is 1. The van der Waals surface area contributed by atoms with Gasteiger partial charge in [-0.25, -0.2) is 4.79 Å². The first-order valence-corrected chi connectivity index (χ1v) is 4.70. The number of nitrogens with one attached hydrogen (secondary N) is 2. The number of carboxylic acids is 1. The molecule has 0 aromatic carbocycles. The van der Waals surface area contributed by atoms with E-state index in [1.807, 2.05) is 0 Å². The molecule has 0 aliphatic heterocycles. The molecule has 0 saturated heterocycles. The molecule has 0 saturated carbocycles. The van der Waals surface area contributed by atoms with E-state index in [1.165, 1.54) is 6.92 Å². The van der Waals surface area contributed by atoms with Gasteiger partial charge in [0.15, 0.2) is 0 Å². The normalized spacial score (nSPS) is 11.9. The van der Waals surface area contributed by atoms with Gasteiger partial charge < -0.3 is 15.7 Å². The Hall–Kier alpha value is -2.05. The van der Waals surface area contributed by atoms with E-state index in [4.69, 9.17) is 5.11 Å². The van der Waals surface area contributed by atoms with Gasteiger partial charge in [0.25, 0.3) is 0 Å². The SMILES string of the molecule is Cc1nn(C)cc1NC(=O)NC(C)C(=O)O. The fourth-order valence-corrected chi connectivity index (χ4v) is 1.14. The van der Waals surface area contributed by atoms with Crippen molar-refractivity contribution in [2.75, 3.05) is 5.32 Å². The van der Waals surface area contributed by atoms with Crippen LogP contribution in [0.1, 0.15) is 12.6 Å². The lowest BCUT2D eigenvalue weighted by Crippen LogP contribution is -2.40. The number of aromatic nitrogens is 2. The minimum Gasteiger partial charge on any atom is -0.480 e. The van der Waals surface area contributed by atoms with Crippen LogP contribution < -0.4 is 10.6 Å². The van der Waals surface area contributed by atoms with Crippen LogP contribution in [0.5, 0.6) is 0 Å². The number of carbonyl (C=O) groups excluding carboxylic acids is 1. The average molecular weight is 226 g/mol. The highest BCUT2D eigenvalue weighted by Crippen LogP contribution is 2.10. The van der Waals surface area contributed by atoms with E-state index in [0.717, 1.165) is 0 Å². The Morgan fingerprint density at radius 1 is 1.56 bits per heavy atom. The number of amides is 2. The van der Waals surface area contributed by atoms with Crippen LogP contribution in [0.2, 0.25) is 0 Å². The van der Waals surface area contributed by atoms with Crippen LogP contribution in [0, 0.1) is 6.92 Å². The quantitative estimate of drug-likeness (QED) is 0.691. The zero-order valence-electron chi connectivity index (χ0n) is 9.31. The molecule has 1 rings (SSSR count). The zero-order chi connectivity index (χ0) is 12.3. The Bertz CT molecular complexity index is 413. The van der Waals surface area contributed by atoms with Crippen molar-refractivity contribution in [2.45, 2.75) is 19.9 Å². The van der Waals surface area contributed by atoms with Crippen molar-refractivity contribution in [3.8, 4) is 0 Å². The standard InChI is InChI=1S/C9H14N4O3/c1-5-7(4-13(3)12-5)11-9(16)10-6(2)8(14)15/h4,6H,1-3H3,(H,14,15)(H2,10,11,16). The summed E-state index contributed by atoms with van der Waals surface area (Å²) in [6.07, 6.45) is 1.64. The Kier molecular flexibility index (Phi) is 3.49. The summed E-state index contributed by atoms with van der Waals surface area (Å²) < 4.78 is 1.56. The lowest BCUT2D eigenvalue weighted by Gasteiger charge is -2.09. The number of rotatable bonds is 3. The Balaban J connectivity index is 2.58. The Morgan fingerprint density at radius 2 is 2.19 bits per heavy atom. The molecule has 0 spiro atoms. The van der Waals surface area contributed by atoms with Crippen molar-refractivity contribution >= 4 is 17.7 Å². The van der Waals surface area contributed by atoms with Gasteiger partial charge in [-0.2, -0.15) is 5.10 Å². The van der Waals surface area contributed by atoms with Crippen LogP contribution >= 0.6 is 0 Å². The molecule has 3 N–H and O–H groups in total. The summed E-state index contributed by atoms with van der Waals surface area (Å²) in [4.78, 5) is 21.9. The maximum Gasteiger partial charge on any atom is 0.325 e. The number of hydrogen-bond donors (Lipinski definition) is 3. The van der Waals surface area contributed by atoms with Gasteiger partial charge in [-0.05, 0) is 13.8 Å². The number of carbonyl (C=O) groups is 2. The summed E-state index contributed by atoms with van der Waals surface area (Å²) in [5, 5.41) is 17.4. The summed E-state index contributed by atoms with van der Waals surface area (Å²) in [5.41, 5.74) is 1.22. The molecule has 16 heavy (non-hydrogen) atoms. The van der Waals surface area contributed by atoms with Crippen LogP contribution in [-0.2, 0) is 11.8 Å². The third-order valence-corrected chi connectivity index (χ3v) is 1.98. The summed E-state index contributed by atoms with van der Waals surface area (Å²) in [7, 11) is 1.73. The molecule has 0 radical (unpaired) electrons. The second-order valence-corrected chi connectivity index (χ2v) is 3.46. The number of carboxylic acid groups (broad SMARTS) is 1. The summed E-state index contributed by atoms with van der Waals surface area (Å²) >= 11 is 0. The number of aryl methyl sites for hydroxylation is 2. The third-order valence-electron chi connectivity index (χ3n) is 1.98. The predicted molar refractivity (Wildman–Crippen MR) is 57.2 cm³/mol. The van der Waals surface area contributed by atoms with E-state index < -0.39 is 18.0 Å². The highest BCUT2D eigenvalue weighted by molar-refractivity contribution is 5.92. The Labute approximate surface area is 92.4 Å². The third kappa shape index (κ3) is 2.97. The van der Waals surface area contributed by atoms with Crippen molar-refractivity contribution in [1.29, 1.82) is 0 Å². The van der Waals surface area contributed by atoms with Crippen LogP contribution in [-0.4, -0.2) is 32.9 Å². The van der Waals surface area contributed by atoms with Gasteiger partial charge in [-0.1, -0.05) is 0 Å². The molecule has 0 bridgehead atoms. The minimum atomic E-state index is -1.09. The molecule has 1 aromatic heterocycles. The summed E-state index contributed by atoms with van der Waals surface area (Å²) in [6.45, 7) is 3.13. The predicted octanol–water partition coefficient (Wildman–Crippen LogP) is 0.323. The molecular weight excluding hydrogens is 212 g/mol. The topological polar surface area (TPSA) is 96.3 Å². The van der Waals surface area contributed by atoms with Gasteiger partial charge >= 0.3 is 12.0 Å². The van der Waals surface area contributed by atoms with Crippen LogP contribution in [0.3, 0.4) is 0 Å². The molecule has 1 atom stereocenters. The van der Waals surface area contributed by atoms with E-state index in [1.54, 1.807) is 24.9 Å². The smallest absolute Gasteiger partial charge is 0.325 e. The number of urea groups is 1. The lowest BCUT2D eigenvalue weighted by molar-refractivity contribution is -0.138. The second-order valence-electron chi connectivity index (χ2n) is 3.46. The molecule has 0 aliphatic rings. The molecular formula is C9H14N4O3. The molecule has 1 aromatic rings. The fourth-order valence-electron chi connectivity index (χ4n) is 1.14. The molecule has 7 nitrogen and oxygen atoms in total. The molecule has 1 unspecified atom stereocenters. The molecule has 2 amide bonds. The van der Waals surface area contributed by atoms with Gasteiger partial charge in [0.1, 0.15) is 6.04 Å². The van der Waals surface area contributed by atoms with Gasteiger partial charge in [-0.3, -0.25) is 9.48 Å². The highest BCUT2D eigenvalue weighted by Gasteiger charge is 2.14. The summed E-state index contributed by atoms with van der Waals surface area (Å²) in [5.74, 6) is -1.09. The van der Waals surface area contributed by atoms with Crippen molar-refractivity contribution in [3.05, 3.63) is 11.9 Å². The zero-order valence-corrected chi connectivity index (χ0v) is 9.31. The maximum atomic E-state index is 11.4. The van der Waals surface area contributed by atoms with E-state index in [0.29, 0.717) is 11.4 Å². The van der Waals surface area contributed by atoms with E-state index >= 15 is 0 Å². The second kappa shape index (κ2) is 4.65. The maximum absolute atomic E-state index is 11.4. The van der Waals surface area contributed by atoms with Gasteiger partial charge in [0.2, 0.25) is 0 Å². The van der Waals surface area contributed by atoms with Crippen LogP contribution in [0.4, 0.5) is 10.5 Å². The molecule has 0 aliphatic carbocycles. The number of hydrogen-bond acceptors (Lipinski definition) is 3. The summed E-state index contributed by atoms with van der Waals surface area (Å²) in [6, 6.07) is -1.50. The largest absolute Gasteiger partial charge is 0.480 e. The first-order chi connectivity index (χ1) is 7.40. The van der Waals surface area contributed by atoms with E-state index in [-0.39, 0.29) is 0 Å². The lowest BCUT2D eigenvalue weighted by atomic mass is 10.3. The van der Waals surface area contributed by atoms with Crippen LogP contribution in [0.25, 0.3) is 0 Å². The van der Waals surface area contributed by atoms with E-state index in [9.17, 15) is 9.59 Å². The van der Waals surface area contributed by atoms with Crippen molar-refractivity contribution < 1.29 is 14.7 Å². The van der Waals surface area contributed by atoms with Gasteiger partial charge in [-0.15, -0.1) is 0 Å². The monoisotopic (exact) mass is 226 g/mol. The van der Waals surface area contributed by atoms with Crippen molar-refractivity contribution in [3.63, 3.8) is 0 Å². The molecule has 1 heterocycles. The first kappa shape index (κ1) is 12.0. The van der Waals surface area contributed by atoms with Crippen LogP contribution in [0.15, 0.2) is 6.20 Å². The molecule has 7 heteroatoms. The average Bonchev–Trinajstić information content (AvgIpc) is 2.44. The molecule has 0 fully saturated rings. The van der Waals surface area contributed by atoms with Crippen molar-refractivity contribution in [2.24, 2.45) is 7.05 Å². The Morgan fingerprint density at radius 3 is 2.62 bits per heavy atom. The van der Waals surface area contributed by atoms with Crippen molar-refractivity contribution in [1.82, 2.24) is 15.1 Å². The first-order valence-electron chi connectivity index (χ1n) is 4.70. The number of nitrogens with zero attached hydrogens (tertiary/aromatic N) is 2. The van der Waals surface area contributed by atoms with Gasteiger partial charge in [0, 0.05) is 13.2 Å². The molecule has 88 valence electrons. The minimum absolute atomic E-state index is 0.553. The fraction of sp³-hybridized carbons (Fsp3) is 0.444.